The van der Waals surface area contributed by atoms with Crippen LogP contribution in [-0.2, 0) is 15.7 Å². The molecule has 2 aromatic rings. The van der Waals surface area contributed by atoms with E-state index in [2.05, 4.69) is 5.32 Å². The van der Waals surface area contributed by atoms with Crippen molar-refractivity contribution in [2.45, 2.75) is 51.7 Å². The van der Waals surface area contributed by atoms with Gasteiger partial charge in [-0.05, 0) is 23.5 Å². The Morgan fingerprint density at radius 2 is 1.15 bits per heavy atom. The molecule has 146 valence electrons. The molecule has 0 bridgehead atoms. The van der Waals surface area contributed by atoms with Crippen LogP contribution in [0.3, 0.4) is 0 Å². The molecule has 5 heteroatoms. The maximum atomic E-state index is 13.2. The van der Waals surface area contributed by atoms with E-state index in [1.54, 1.807) is 37.3 Å². The summed E-state index contributed by atoms with van der Waals surface area (Å²) in [7, 11) is 0. The molecule has 27 heavy (non-hydrogen) atoms. The minimum atomic E-state index is -4.97. The van der Waals surface area contributed by atoms with E-state index in [1.165, 1.54) is 0 Å². The zero-order valence-electron chi connectivity index (χ0n) is 16.3. The highest BCUT2D eigenvalue weighted by atomic mass is 19.4. The van der Waals surface area contributed by atoms with Crippen molar-refractivity contribution in [1.29, 1.82) is 0 Å². The molecule has 1 N–H and O–H groups in total. The Bertz CT molecular complexity index is 781. The normalized spacial score (nSPS) is 16.9. The molecular weight excluding hydrogens is 351 g/mol. The molecule has 0 aromatic heterocycles. The third-order valence-corrected chi connectivity index (χ3v) is 5.82. The number of hydrogen-bond donors (Lipinski definition) is 1. The first-order chi connectivity index (χ1) is 12.3. The summed E-state index contributed by atoms with van der Waals surface area (Å²) in [6.07, 6.45) is -4.97. The van der Waals surface area contributed by atoms with Crippen LogP contribution in [-0.4, -0.2) is 12.1 Å². The van der Waals surface area contributed by atoms with Crippen molar-refractivity contribution in [3.8, 4) is 0 Å². The van der Waals surface area contributed by atoms with Crippen LogP contribution in [0.15, 0.2) is 60.7 Å². The summed E-state index contributed by atoms with van der Waals surface area (Å²) >= 11 is 0. The van der Waals surface area contributed by atoms with Gasteiger partial charge in [0.05, 0.1) is 5.54 Å². The molecule has 0 spiro atoms. The number of amides is 1. The molecule has 0 aliphatic rings. The zero-order valence-corrected chi connectivity index (χ0v) is 16.3. The van der Waals surface area contributed by atoms with E-state index in [9.17, 15) is 18.0 Å². The van der Waals surface area contributed by atoms with Crippen LogP contribution in [0.2, 0.25) is 0 Å². The minimum Gasteiger partial charge on any atom is -0.338 e. The summed E-state index contributed by atoms with van der Waals surface area (Å²) in [6, 6.07) is 18.2. The number of nitrogens with one attached hydrogen (secondary N) is 1. The Balaban J connectivity index is 2.78. The number of hydrogen-bond acceptors (Lipinski definition) is 1. The first kappa shape index (κ1) is 21.0. The molecule has 1 amide bonds. The summed E-state index contributed by atoms with van der Waals surface area (Å²) in [6.45, 7) is 9.50. The Morgan fingerprint density at radius 1 is 0.741 bits per heavy atom. The second-order valence-electron chi connectivity index (χ2n) is 8.18. The third-order valence-electron chi connectivity index (χ3n) is 5.82. The third kappa shape index (κ3) is 3.73. The van der Waals surface area contributed by atoms with Crippen molar-refractivity contribution < 1.29 is 18.0 Å². The minimum absolute atomic E-state index is 0.474. The van der Waals surface area contributed by atoms with Crippen LogP contribution >= 0.6 is 0 Å². The molecule has 0 radical (unpaired) electrons. The summed E-state index contributed by atoms with van der Waals surface area (Å²) in [5.74, 6) is -1.94. The van der Waals surface area contributed by atoms with E-state index in [-0.39, 0.29) is 0 Å². The Morgan fingerprint density at radius 3 is 1.52 bits per heavy atom. The number of benzene rings is 2. The quantitative estimate of drug-likeness (QED) is 0.740. The van der Waals surface area contributed by atoms with Gasteiger partial charge < -0.3 is 5.32 Å². The fourth-order valence-electron chi connectivity index (χ4n) is 3.80. The van der Waals surface area contributed by atoms with Crippen molar-refractivity contribution in [2.24, 2.45) is 5.41 Å². The average molecular weight is 377 g/mol. The first-order valence-electron chi connectivity index (χ1n) is 8.84. The van der Waals surface area contributed by atoms with Crippen molar-refractivity contribution >= 4 is 5.91 Å². The number of rotatable bonds is 4. The van der Waals surface area contributed by atoms with Gasteiger partial charge in [0.1, 0.15) is 0 Å². The lowest BCUT2D eigenvalue weighted by Crippen LogP contribution is -2.63. The molecule has 2 nitrogen and oxygen atoms in total. The van der Waals surface area contributed by atoms with Gasteiger partial charge >= 0.3 is 12.1 Å². The molecule has 2 atom stereocenters. The van der Waals surface area contributed by atoms with Crippen molar-refractivity contribution in [1.82, 2.24) is 5.32 Å². The SMILES string of the molecule is CC(C)(C)[C@@](C)(c1ccccc1)[C@](C)(NC(=O)C(F)(F)F)c1ccccc1. The second-order valence-corrected chi connectivity index (χ2v) is 8.18. The molecule has 0 heterocycles. The van der Waals surface area contributed by atoms with Crippen LogP contribution in [0.1, 0.15) is 45.7 Å². The molecule has 0 unspecified atom stereocenters. The lowest BCUT2D eigenvalue weighted by molar-refractivity contribution is -0.177. The zero-order chi connectivity index (χ0) is 20.5. The van der Waals surface area contributed by atoms with Gasteiger partial charge in [-0.1, -0.05) is 88.4 Å². The molecule has 2 rings (SSSR count). The largest absolute Gasteiger partial charge is 0.471 e. The predicted molar refractivity (Wildman–Crippen MR) is 101 cm³/mol. The monoisotopic (exact) mass is 377 g/mol. The predicted octanol–water partition coefficient (Wildman–Crippen LogP) is 5.58. The van der Waals surface area contributed by atoms with Crippen LogP contribution in [0, 0.1) is 5.41 Å². The molecule has 0 aliphatic heterocycles. The maximum absolute atomic E-state index is 13.2. The number of carbonyl (C=O) groups excluding carboxylic acids is 1. The lowest BCUT2D eigenvalue weighted by atomic mass is 9.52. The summed E-state index contributed by atoms with van der Waals surface area (Å²) in [5.41, 5.74) is -1.16. The smallest absolute Gasteiger partial charge is 0.338 e. The molecule has 0 fully saturated rings. The Kier molecular flexibility index (Phi) is 5.46. The van der Waals surface area contributed by atoms with Crippen molar-refractivity contribution in [3.63, 3.8) is 0 Å². The second kappa shape index (κ2) is 7.02. The number of halogens is 3. The fraction of sp³-hybridized carbons (Fsp3) is 0.409. The van der Waals surface area contributed by atoms with Gasteiger partial charge in [-0.2, -0.15) is 13.2 Å². The summed E-state index contributed by atoms with van der Waals surface area (Å²) < 4.78 is 39.5. The van der Waals surface area contributed by atoms with Gasteiger partial charge in [0, 0.05) is 5.41 Å². The maximum Gasteiger partial charge on any atom is 0.471 e. The van der Waals surface area contributed by atoms with E-state index < -0.39 is 28.5 Å². The highest BCUT2D eigenvalue weighted by molar-refractivity contribution is 5.83. The molecule has 2 aromatic carbocycles. The summed E-state index contributed by atoms with van der Waals surface area (Å²) in [5, 5.41) is 2.33. The van der Waals surface area contributed by atoms with Gasteiger partial charge in [0.2, 0.25) is 0 Å². The van der Waals surface area contributed by atoms with Gasteiger partial charge in [0.15, 0.2) is 0 Å². The first-order valence-corrected chi connectivity index (χ1v) is 8.84. The standard InChI is InChI=1S/C22H26F3NO/c1-19(2,3)20(4,16-12-8-6-9-13-16)21(5,17-14-10-7-11-15-17)26-18(27)22(23,24)25/h6-15H,1-5H3,(H,26,27)/t20-,21-/m1/s1. The van der Waals surface area contributed by atoms with Crippen LogP contribution in [0.5, 0.6) is 0 Å². The van der Waals surface area contributed by atoms with Gasteiger partial charge in [-0.3, -0.25) is 4.79 Å². The number of carbonyl (C=O) groups is 1. The molecule has 0 aliphatic carbocycles. The topological polar surface area (TPSA) is 29.1 Å². The Hall–Kier alpha value is -2.30. The van der Waals surface area contributed by atoms with E-state index >= 15 is 0 Å². The van der Waals surface area contributed by atoms with E-state index in [1.807, 2.05) is 58.0 Å². The van der Waals surface area contributed by atoms with E-state index in [0.717, 1.165) is 5.56 Å². The summed E-state index contributed by atoms with van der Waals surface area (Å²) in [4.78, 5) is 12.0. The molecule has 0 saturated carbocycles. The highest BCUT2D eigenvalue weighted by Gasteiger charge is 2.56. The lowest BCUT2D eigenvalue weighted by Gasteiger charge is -2.55. The number of alkyl halides is 3. The fourth-order valence-corrected chi connectivity index (χ4v) is 3.80. The average Bonchev–Trinajstić information content (AvgIpc) is 2.60. The van der Waals surface area contributed by atoms with Crippen molar-refractivity contribution in [2.75, 3.05) is 0 Å². The van der Waals surface area contributed by atoms with Gasteiger partial charge in [-0.15, -0.1) is 0 Å². The van der Waals surface area contributed by atoms with E-state index in [4.69, 9.17) is 0 Å². The van der Waals surface area contributed by atoms with Crippen LogP contribution < -0.4 is 5.32 Å². The van der Waals surface area contributed by atoms with Crippen LogP contribution in [0.25, 0.3) is 0 Å². The van der Waals surface area contributed by atoms with Crippen LogP contribution in [0.4, 0.5) is 13.2 Å². The van der Waals surface area contributed by atoms with Gasteiger partial charge in [0.25, 0.3) is 0 Å². The van der Waals surface area contributed by atoms with Crippen molar-refractivity contribution in [3.05, 3.63) is 71.8 Å². The molecular formula is C22H26F3NO. The van der Waals surface area contributed by atoms with E-state index in [0.29, 0.717) is 5.56 Å². The highest BCUT2D eigenvalue weighted by Crippen LogP contribution is 2.53. The Labute approximate surface area is 158 Å². The van der Waals surface area contributed by atoms with Gasteiger partial charge in [-0.25, -0.2) is 0 Å². The molecule has 0 saturated heterocycles.